The first-order chi connectivity index (χ1) is 9.81. The normalized spacial score (nSPS) is 25.4. The molecule has 2 fully saturated rings. The summed E-state index contributed by atoms with van der Waals surface area (Å²) in [6.45, 7) is 6.08. The molecule has 116 valence electrons. The van der Waals surface area contributed by atoms with E-state index in [0.29, 0.717) is 19.1 Å². The minimum atomic E-state index is 0.256. The molecule has 1 atom stereocenters. The number of rotatable bonds is 5. The largest absolute Gasteiger partial charge is 0.384 e. The van der Waals surface area contributed by atoms with Crippen molar-refractivity contribution < 1.29 is 14.3 Å². The fourth-order valence-corrected chi connectivity index (χ4v) is 3.11. The average molecular weight is 284 g/mol. The lowest BCUT2D eigenvalue weighted by atomic mass is 10.1. The van der Waals surface area contributed by atoms with Crippen LogP contribution in [0.2, 0.25) is 0 Å². The monoisotopic (exact) mass is 284 g/mol. The van der Waals surface area contributed by atoms with Crippen molar-refractivity contribution >= 4 is 5.91 Å². The number of methoxy groups -OCH3 is 1. The van der Waals surface area contributed by atoms with Gasteiger partial charge in [-0.1, -0.05) is 12.8 Å². The quantitative estimate of drug-likeness (QED) is 0.759. The second-order valence-electron chi connectivity index (χ2n) is 5.75. The van der Waals surface area contributed by atoms with Crippen LogP contribution in [-0.4, -0.2) is 74.9 Å². The highest BCUT2D eigenvalue weighted by molar-refractivity contribution is 5.76. The van der Waals surface area contributed by atoms with Crippen molar-refractivity contribution in [2.75, 3.05) is 53.1 Å². The van der Waals surface area contributed by atoms with Gasteiger partial charge in [-0.15, -0.1) is 0 Å². The summed E-state index contributed by atoms with van der Waals surface area (Å²) < 4.78 is 10.4. The van der Waals surface area contributed by atoms with Gasteiger partial charge in [0.15, 0.2) is 0 Å². The van der Waals surface area contributed by atoms with Gasteiger partial charge in [0.05, 0.1) is 26.2 Å². The van der Waals surface area contributed by atoms with Crippen molar-refractivity contribution in [3.8, 4) is 0 Å². The van der Waals surface area contributed by atoms with E-state index in [1.165, 1.54) is 12.8 Å². The number of ether oxygens (including phenoxy) is 2. The molecule has 1 unspecified atom stereocenters. The maximum absolute atomic E-state index is 12.4. The number of carbonyl (C=O) groups is 1. The van der Waals surface area contributed by atoms with Crippen molar-refractivity contribution in [1.82, 2.24) is 9.80 Å². The lowest BCUT2D eigenvalue weighted by Gasteiger charge is -2.36. The van der Waals surface area contributed by atoms with E-state index in [2.05, 4.69) is 9.80 Å². The molecule has 0 aromatic carbocycles. The van der Waals surface area contributed by atoms with E-state index in [-0.39, 0.29) is 5.91 Å². The molecule has 5 nitrogen and oxygen atoms in total. The third-order valence-electron chi connectivity index (χ3n) is 4.29. The number of morpholine rings is 1. The van der Waals surface area contributed by atoms with Crippen LogP contribution >= 0.6 is 0 Å². The number of nitrogens with zero attached hydrogens (tertiary/aromatic N) is 2. The topological polar surface area (TPSA) is 42.0 Å². The Morgan fingerprint density at radius 1 is 1.20 bits per heavy atom. The van der Waals surface area contributed by atoms with Crippen molar-refractivity contribution in [3.05, 3.63) is 0 Å². The van der Waals surface area contributed by atoms with Crippen molar-refractivity contribution in [2.24, 2.45) is 0 Å². The maximum atomic E-state index is 12.4. The molecule has 0 radical (unpaired) electrons. The van der Waals surface area contributed by atoms with E-state index < -0.39 is 0 Å². The van der Waals surface area contributed by atoms with E-state index in [4.69, 9.17) is 9.47 Å². The summed E-state index contributed by atoms with van der Waals surface area (Å²) >= 11 is 0. The molecule has 0 bridgehead atoms. The first-order valence-electron chi connectivity index (χ1n) is 7.90. The standard InChI is InChI=1S/C15H28N2O3/c1-19-10-6-15(18)17-7-4-2-3-5-14(17)13-16-8-11-20-12-9-16/h14H,2-13H2,1H3. The molecule has 0 aliphatic carbocycles. The van der Waals surface area contributed by atoms with Gasteiger partial charge in [0, 0.05) is 39.3 Å². The molecule has 0 aromatic rings. The summed E-state index contributed by atoms with van der Waals surface area (Å²) in [4.78, 5) is 16.9. The van der Waals surface area contributed by atoms with Crippen LogP contribution in [-0.2, 0) is 14.3 Å². The molecule has 2 aliphatic rings. The van der Waals surface area contributed by atoms with Gasteiger partial charge in [-0.25, -0.2) is 0 Å². The first kappa shape index (κ1) is 15.7. The van der Waals surface area contributed by atoms with Gasteiger partial charge in [0.25, 0.3) is 0 Å². The summed E-state index contributed by atoms with van der Waals surface area (Å²) in [5.74, 6) is 0.256. The highest BCUT2D eigenvalue weighted by Gasteiger charge is 2.27. The van der Waals surface area contributed by atoms with Crippen LogP contribution in [0, 0.1) is 0 Å². The third-order valence-corrected chi connectivity index (χ3v) is 4.29. The highest BCUT2D eigenvalue weighted by Crippen LogP contribution is 2.19. The lowest BCUT2D eigenvalue weighted by Crippen LogP contribution is -2.49. The minimum Gasteiger partial charge on any atom is -0.384 e. The fraction of sp³-hybridized carbons (Fsp3) is 0.933. The summed E-state index contributed by atoms with van der Waals surface area (Å²) in [6, 6.07) is 0.375. The Bertz CT molecular complexity index is 293. The Morgan fingerprint density at radius 3 is 2.75 bits per heavy atom. The summed E-state index contributed by atoms with van der Waals surface area (Å²) in [7, 11) is 1.65. The second kappa shape index (κ2) is 8.60. The van der Waals surface area contributed by atoms with Gasteiger partial charge < -0.3 is 14.4 Å². The Kier molecular flexibility index (Phi) is 6.76. The van der Waals surface area contributed by atoms with Crippen LogP contribution in [0.25, 0.3) is 0 Å². The molecule has 0 saturated carbocycles. The number of likely N-dealkylation sites (tertiary alicyclic amines) is 1. The summed E-state index contributed by atoms with van der Waals surface area (Å²) in [5, 5.41) is 0. The van der Waals surface area contributed by atoms with Gasteiger partial charge in [0.2, 0.25) is 5.91 Å². The van der Waals surface area contributed by atoms with E-state index in [0.717, 1.165) is 52.2 Å². The van der Waals surface area contributed by atoms with Crippen molar-refractivity contribution in [1.29, 1.82) is 0 Å². The molecular formula is C15H28N2O3. The highest BCUT2D eigenvalue weighted by atomic mass is 16.5. The number of hydrogen-bond acceptors (Lipinski definition) is 4. The average Bonchev–Trinajstić information content (AvgIpc) is 2.71. The number of amides is 1. The van der Waals surface area contributed by atoms with E-state index in [1.807, 2.05) is 0 Å². The Balaban J connectivity index is 1.91. The Hall–Kier alpha value is -0.650. The molecule has 5 heteroatoms. The molecule has 0 N–H and O–H groups in total. The first-order valence-corrected chi connectivity index (χ1v) is 7.90. The van der Waals surface area contributed by atoms with E-state index in [1.54, 1.807) is 7.11 Å². The zero-order valence-electron chi connectivity index (χ0n) is 12.7. The Morgan fingerprint density at radius 2 is 2.00 bits per heavy atom. The van der Waals surface area contributed by atoms with Gasteiger partial charge >= 0.3 is 0 Å². The molecule has 2 aliphatic heterocycles. The summed E-state index contributed by atoms with van der Waals surface area (Å²) in [5.41, 5.74) is 0. The summed E-state index contributed by atoms with van der Waals surface area (Å²) in [6.07, 6.45) is 5.27. The van der Waals surface area contributed by atoms with E-state index in [9.17, 15) is 4.79 Å². The van der Waals surface area contributed by atoms with Crippen molar-refractivity contribution in [3.63, 3.8) is 0 Å². The molecule has 2 heterocycles. The molecule has 0 aromatic heterocycles. The fourth-order valence-electron chi connectivity index (χ4n) is 3.11. The zero-order chi connectivity index (χ0) is 14.2. The van der Waals surface area contributed by atoms with Crippen LogP contribution in [0.1, 0.15) is 32.1 Å². The van der Waals surface area contributed by atoms with Crippen molar-refractivity contribution in [2.45, 2.75) is 38.1 Å². The molecule has 1 amide bonds. The molecule has 2 saturated heterocycles. The minimum absolute atomic E-state index is 0.256. The van der Waals surface area contributed by atoms with E-state index >= 15 is 0 Å². The predicted molar refractivity (Wildman–Crippen MR) is 77.7 cm³/mol. The Labute approximate surface area is 122 Å². The second-order valence-corrected chi connectivity index (χ2v) is 5.75. The van der Waals surface area contributed by atoms with Crippen LogP contribution in [0.4, 0.5) is 0 Å². The molecule has 20 heavy (non-hydrogen) atoms. The molecular weight excluding hydrogens is 256 g/mol. The number of carbonyl (C=O) groups excluding carboxylic acids is 1. The zero-order valence-corrected chi connectivity index (χ0v) is 12.7. The third kappa shape index (κ3) is 4.72. The smallest absolute Gasteiger partial charge is 0.225 e. The SMILES string of the molecule is COCCC(=O)N1CCCCCC1CN1CCOCC1. The number of hydrogen-bond donors (Lipinski definition) is 0. The van der Waals surface area contributed by atoms with Gasteiger partial charge in [-0.05, 0) is 12.8 Å². The molecule has 2 rings (SSSR count). The lowest BCUT2D eigenvalue weighted by molar-refractivity contribution is -0.135. The maximum Gasteiger partial charge on any atom is 0.225 e. The van der Waals surface area contributed by atoms with Crippen LogP contribution in [0.15, 0.2) is 0 Å². The molecule has 0 spiro atoms. The van der Waals surface area contributed by atoms with Crippen LogP contribution < -0.4 is 0 Å². The predicted octanol–water partition coefficient (Wildman–Crippen LogP) is 1.13. The van der Waals surface area contributed by atoms with Crippen LogP contribution in [0.5, 0.6) is 0 Å². The van der Waals surface area contributed by atoms with Gasteiger partial charge in [-0.3, -0.25) is 9.69 Å². The van der Waals surface area contributed by atoms with Gasteiger partial charge in [-0.2, -0.15) is 0 Å². The van der Waals surface area contributed by atoms with Gasteiger partial charge in [0.1, 0.15) is 0 Å². The van der Waals surface area contributed by atoms with Crippen LogP contribution in [0.3, 0.4) is 0 Å².